The van der Waals surface area contributed by atoms with Gasteiger partial charge < -0.3 is 9.47 Å². The third-order valence-corrected chi connectivity index (χ3v) is 2.64. The molecule has 1 aromatic carbocycles. The van der Waals surface area contributed by atoms with E-state index in [0.717, 1.165) is 0 Å². The van der Waals surface area contributed by atoms with Crippen molar-refractivity contribution in [3.63, 3.8) is 0 Å². The molecular formula is C13H9ClF3NO2. The van der Waals surface area contributed by atoms with Gasteiger partial charge in [-0.1, -0.05) is 23.7 Å². The van der Waals surface area contributed by atoms with Crippen molar-refractivity contribution in [2.75, 3.05) is 7.11 Å². The Morgan fingerprint density at radius 2 is 1.95 bits per heavy atom. The van der Waals surface area contributed by atoms with Crippen LogP contribution in [0.5, 0.6) is 11.5 Å². The largest absolute Gasteiger partial charge is 0.573 e. The SMILES string of the molecule is COc1cnc(Cl)cc1-c1cccc(OC(F)(F)F)c1. The summed E-state index contributed by atoms with van der Waals surface area (Å²) in [5, 5.41) is 0.211. The summed E-state index contributed by atoms with van der Waals surface area (Å²) in [6.07, 6.45) is -3.34. The third kappa shape index (κ3) is 3.54. The van der Waals surface area contributed by atoms with E-state index in [4.69, 9.17) is 16.3 Å². The number of halogens is 4. The summed E-state index contributed by atoms with van der Waals surface area (Å²) >= 11 is 5.79. The summed E-state index contributed by atoms with van der Waals surface area (Å²) < 4.78 is 45.6. The second-order valence-corrected chi connectivity index (χ2v) is 4.17. The number of aromatic nitrogens is 1. The van der Waals surface area contributed by atoms with Crippen LogP contribution in [0.15, 0.2) is 36.5 Å². The average molecular weight is 304 g/mol. The predicted molar refractivity (Wildman–Crippen MR) is 67.9 cm³/mol. The molecule has 0 aliphatic carbocycles. The standard InChI is InChI=1S/C13H9ClF3NO2/c1-19-11-7-18-12(14)6-10(11)8-3-2-4-9(5-8)20-13(15,16)17/h2-7H,1H3. The molecule has 0 radical (unpaired) electrons. The van der Waals surface area contributed by atoms with Gasteiger partial charge in [0, 0.05) is 5.56 Å². The Hall–Kier alpha value is -1.95. The zero-order valence-corrected chi connectivity index (χ0v) is 11.0. The van der Waals surface area contributed by atoms with Crippen molar-refractivity contribution in [3.8, 4) is 22.6 Å². The first kappa shape index (κ1) is 14.5. The van der Waals surface area contributed by atoms with Gasteiger partial charge in [0.25, 0.3) is 0 Å². The number of ether oxygens (including phenoxy) is 2. The zero-order valence-electron chi connectivity index (χ0n) is 10.2. The fourth-order valence-electron chi connectivity index (χ4n) is 1.67. The van der Waals surface area contributed by atoms with Crippen molar-refractivity contribution in [2.24, 2.45) is 0 Å². The van der Waals surface area contributed by atoms with Crippen LogP contribution in [-0.2, 0) is 0 Å². The Kier molecular flexibility index (Phi) is 4.04. The van der Waals surface area contributed by atoms with Gasteiger partial charge in [0.1, 0.15) is 16.7 Å². The van der Waals surface area contributed by atoms with Gasteiger partial charge in [-0.3, -0.25) is 0 Å². The van der Waals surface area contributed by atoms with Crippen molar-refractivity contribution in [3.05, 3.63) is 41.7 Å². The number of rotatable bonds is 3. The molecule has 20 heavy (non-hydrogen) atoms. The van der Waals surface area contributed by atoms with E-state index in [1.54, 1.807) is 6.07 Å². The van der Waals surface area contributed by atoms with Gasteiger partial charge in [0.15, 0.2) is 0 Å². The molecule has 0 spiro atoms. The molecule has 2 aromatic rings. The predicted octanol–water partition coefficient (Wildman–Crippen LogP) is 4.31. The average Bonchev–Trinajstić information content (AvgIpc) is 2.37. The van der Waals surface area contributed by atoms with Crippen LogP contribution >= 0.6 is 11.6 Å². The lowest BCUT2D eigenvalue weighted by atomic mass is 10.1. The van der Waals surface area contributed by atoms with E-state index in [2.05, 4.69) is 9.72 Å². The second-order valence-electron chi connectivity index (χ2n) is 3.78. The first-order valence-corrected chi connectivity index (χ1v) is 5.82. The molecule has 7 heteroatoms. The molecule has 106 valence electrons. The van der Waals surface area contributed by atoms with Crippen LogP contribution in [0.1, 0.15) is 0 Å². The smallest absolute Gasteiger partial charge is 0.494 e. The molecular weight excluding hydrogens is 295 g/mol. The Balaban J connectivity index is 2.43. The van der Waals surface area contributed by atoms with Gasteiger partial charge >= 0.3 is 6.36 Å². The highest BCUT2D eigenvalue weighted by Crippen LogP contribution is 2.34. The van der Waals surface area contributed by atoms with Gasteiger partial charge in [0.2, 0.25) is 0 Å². The van der Waals surface area contributed by atoms with E-state index in [1.165, 1.54) is 37.6 Å². The molecule has 0 N–H and O–H groups in total. The Morgan fingerprint density at radius 3 is 2.60 bits per heavy atom. The van der Waals surface area contributed by atoms with Crippen LogP contribution in [0.2, 0.25) is 5.15 Å². The molecule has 3 nitrogen and oxygen atoms in total. The van der Waals surface area contributed by atoms with Crippen LogP contribution in [0.25, 0.3) is 11.1 Å². The van der Waals surface area contributed by atoms with Crippen molar-refractivity contribution >= 4 is 11.6 Å². The lowest BCUT2D eigenvalue weighted by molar-refractivity contribution is -0.274. The summed E-state index contributed by atoms with van der Waals surface area (Å²) in [6.45, 7) is 0. The molecule has 0 atom stereocenters. The fraction of sp³-hybridized carbons (Fsp3) is 0.154. The Bertz CT molecular complexity index is 617. The summed E-state index contributed by atoms with van der Waals surface area (Å²) in [5.41, 5.74) is 1.01. The van der Waals surface area contributed by atoms with E-state index in [-0.39, 0.29) is 10.9 Å². The number of alkyl halides is 3. The molecule has 0 fully saturated rings. The number of hydrogen-bond acceptors (Lipinski definition) is 3. The maximum absolute atomic E-state index is 12.2. The Morgan fingerprint density at radius 1 is 1.20 bits per heavy atom. The van der Waals surface area contributed by atoms with Crippen molar-refractivity contribution in [1.82, 2.24) is 4.98 Å². The number of nitrogens with zero attached hydrogens (tertiary/aromatic N) is 1. The number of pyridine rings is 1. The van der Waals surface area contributed by atoms with Crippen LogP contribution in [-0.4, -0.2) is 18.5 Å². The van der Waals surface area contributed by atoms with E-state index in [0.29, 0.717) is 16.9 Å². The minimum atomic E-state index is -4.74. The summed E-state index contributed by atoms with van der Waals surface area (Å²) in [4.78, 5) is 3.85. The molecule has 0 saturated carbocycles. The van der Waals surface area contributed by atoms with Gasteiger partial charge in [-0.05, 0) is 23.8 Å². The first-order chi connectivity index (χ1) is 9.39. The molecule has 0 saturated heterocycles. The van der Waals surface area contributed by atoms with Crippen LogP contribution in [0.3, 0.4) is 0 Å². The highest BCUT2D eigenvalue weighted by Gasteiger charge is 2.31. The monoisotopic (exact) mass is 303 g/mol. The normalized spacial score (nSPS) is 11.2. The molecule has 0 bridgehead atoms. The van der Waals surface area contributed by atoms with Crippen LogP contribution in [0, 0.1) is 0 Å². The number of hydrogen-bond donors (Lipinski definition) is 0. The van der Waals surface area contributed by atoms with Gasteiger partial charge in [-0.25, -0.2) is 4.98 Å². The van der Waals surface area contributed by atoms with E-state index in [9.17, 15) is 13.2 Å². The third-order valence-electron chi connectivity index (χ3n) is 2.43. The quantitative estimate of drug-likeness (QED) is 0.792. The van der Waals surface area contributed by atoms with Crippen molar-refractivity contribution in [2.45, 2.75) is 6.36 Å². The molecule has 1 aromatic heterocycles. The summed E-state index contributed by atoms with van der Waals surface area (Å²) in [7, 11) is 1.44. The summed E-state index contributed by atoms with van der Waals surface area (Å²) in [6, 6.07) is 7.04. The molecule has 0 aliphatic heterocycles. The maximum atomic E-state index is 12.2. The molecule has 0 amide bonds. The molecule has 0 aliphatic rings. The van der Waals surface area contributed by atoms with Gasteiger partial charge in [0.05, 0.1) is 13.3 Å². The van der Waals surface area contributed by atoms with Crippen LogP contribution in [0.4, 0.5) is 13.2 Å². The topological polar surface area (TPSA) is 31.4 Å². The zero-order chi connectivity index (χ0) is 14.8. The number of methoxy groups -OCH3 is 1. The van der Waals surface area contributed by atoms with E-state index >= 15 is 0 Å². The van der Waals surface area contributed by atoms with Crippen LogP contribution < -0.4 is 9.47 Å². The van der Waals surface area contributed by atoms with E-state index < -0.39 is 6.36 Å². The lowest BCUT2D eigenvalue weighted by Crippen LogP contribution is -2.17. The maximum Gasteiger partial charge on any atom is 0.573 e. The molecule has 2 rings (SSSR count). The first-order valence-electron chi connectivity index (χ1n) is 5.45. The van der Waals surface area contributed by atoms with Gasteiger partial charge in [-0.15, -0.1) is 13.2 Å². The highest BCUT2D eigenvalue weighted by atomic mass is 35.5. The minimum Gasteiger partial charge on any atom is -0.494 e. The fourth-order valence-corrected chi connectivity index (χ4v) is 1.82. The van der Waals surface area contributed by atoms with Crippen molar-refractivity contribution < 1.29 is 22.6 Å². The lowest BCUT2D eigenvalue weighted by Gasteiger charge is -2.12. The Labute approximate surface area is 117 Å². The minimum absolute atomic E-state index is 0.211. The molecule has 1 heterocycles. The molecule has 0 unspecified atom stereocenters. The van der Waals surface area contributed by atoms with Gasteiger partial charge in [-0.2, -0.15) is 0 Å². The van der Waals surface area contributed by atoms with E-state index in [1.807, 2.05) is 0 Å². The highest BCUT2D eigenvalue weighted by molar-refractivity contribution is 6.29. The number of benzene rings is 1. The summed E-state index contributed by atoms with van der Waals surface area (Å²) in [5.74, 6) is 0.0866. The van der Waals surface area contributed by atoms with Crippen molar-refractivity contribution in [1.29, 1.82) is 0 Å². The second kappa shape index (κ2) is 5.58.